The third kappa shape index (κ3) is 4.86. The van der Waals surface area contributed by atoms with Crippen LogP contribution in [0, 0.1) is 11.3 Å². The SMILES string of the molecule is CN=C(NCCC1=CCCCC1)NCC1(C2CC2)CC1.I. The summed E-state index contributed by atoms with van der Waals surface area (Å²) in [6.45, 7) is 2.14. The van der Waals surface area contributed by atoms with E-state index in [0.717, 1.165) is 25.0 Å². The van der Waals surface area contributed by atoms with E-state index in [-0.39, 0.29) is 24.0 Å². The lowest BCUT2D eigenvalue weighted by Crippen LogP contribution is -2.41. The van der Waals surface area contributed by atoms with Crippen LogP contribution in [-0.4, -0.2) is 26.1 Å². The van der Waals surface area contributed by atoms with Gasteiger partial charge in [0.25, 0.3) is 0 Å². The number of hydrogen-bond acceptors (Lipinski definition) is 1. The fourth-order valence-electron chi connectivity index (χ4n) is 3.54. The summed E-state index contributed by atoms with van der Waals surface area (Å²) >= 11 is 0. The molecule has 0 aromatic carbocycles. The predicted octanol–water partition coefficient (Wildman–Crippen LogP) is 3.85. The van der Waals surface area contributed by atoms with Gasteiger partial charge < -0.3 is 10.6 Å². The van der Waals surface area contributed by atoms with Gasteiger partial charge in [0.1, 0.15) is 0 Å². The first-order valence-corrected chi connectivity index (χ1v) is 8.45. The van der Waals surface area contributed by atoms with Crippen LogP contribution in [0.4, 0.5) is 0 Å². The van der Waals surface area contributed by atoms with Crippen LogP contribution in [0.1, 0.15) is 57.8 Å². The molecule has 3 aliphatic carbocycles. The third-order valence-corrected chi connectivity index (χ3v) is 5.29. The fourth-order valence-corrected chi connectivity index (χ4v) is 3.54. The third-order valence-electron chi connectivity index (χ3n) is 5.29. The van der Waals surface area contributed by atoms with Gasteiger partial charge in [0.05, 0.1) is 0 Å². The first-order chi connectivity index (χ1) is 9.82. The molecule has 3 rings (SSSR count). The summed E-state index contributed by atoms with van der Waals surface area (Å²) in [6, 6.07) is 0. The largest absolute Gasteiger partial charge is 0.356 e. The van der Waals surface area contributed by atoms with Crippen molar-refractivity contribution in [2.45, 2.75) is 57.8 Å². The summed E-state index contributed by atoms with van der Waals surface area (Å²) < 4.78 is 0. The Bertz CT molecular complexity index is 395. The monoisotopic (exact) mass is 403 g/mol. The molecule has 3 nitrogen and oxygen atoms in total. The Kier molecular flexibility index (Phi) is 6.38. The van der Waals surface area contributed by atoms with Gasteiger partial charge in [0.2, 0.25) is 0 Å². The number of rotatable bonds is 6. The second kappa shape index (κ2) is 7.84. The lowest BCUT2D eigenvalue weighted by molar-refractivity contribution is 0.431. The first-order valence-electron chi connectivity index (χ1n) is 8.45. The van der Waals surface area contributed by atoms with Gasteiger partial charge in [-0.05, 0) is 69.1 Å². The van der Waals surface area contributed by atoms with Crippen LogP contribution in [0.5, 0.6) is 0 Å². The zero-order chi connectivity index (χ0) is 13.8. The molecule has 0 heterocycles. The van der Waals surface area contributed by atoms with Crippen molar-refractivity contribution in [3.63, 3.8) is 0 Å². The Labute approximate surface area is 146 Å². The molecule has 21 heavy (non-hydrogen) atoms. The molecule has 0 saturated heterocycles. The molecule has 2 N–H and O–H groups in total. The highest BCUT2D eigenvalue weighted by Crippen LogP contribution is 2.60. The van der Waals surface area contributed by atoms with E-state index in [2.05, 4.69) is 21.7 Å². The fraction of sp³-hybridized carbons (Fsp3) is 0.824. The number of nitrogens with one attached hydrogen (secondary N) is 2. The summed E-state index contributed by atoms with van der Waals surface area (Å²) in [7, 11) is 1.88. The molecule has 0 aliphatic heterocycles. The van der Waals surface area contributed by atoms with Crippen molar-refractivity contribution in [3.8, 4) is 0 Å². The molecule has 0 bridgehead atoms. The first kappa shape index (κ1) is 17.1. The van der Waals surface area contributed by atoms with Gasteiger partial charge in [-0.1, -0.05) is 11.6 Å². The van der Waals surface area contributed by atoms with E-state index in [1.807, 2.05) is 7.05 Å². The smallest absolute Gasteiger partial charge is 0.191 e. The molecular formula is C17H30IN3. The Balaban J connectivity index is 0.00000161. The highest BCUT2D eigenvalue weighted by Gasteiger charge is 2.53. The second-order valence-electron chi connectivity index (χ2n) is 6.85. The van der Waals surface area contributed by atoms with Gasteiger partial charge in [-0.3, -0.25) is 4.99 Å². The minimum atomic E-state index is 0. The van der Waals surface area contributed by atoms with E-state index in [1.54, 1.807) is 5.57 Å². The lowest BCUT2D eigenvalue weighted by Gasteiger charge is -2.19. The van der Waals surface area contributed by atoms with E-state index in [1.165, 1.54) is 57.8 Å². The van der Waals surface area contributed by atoms with Crippen LogP contribution < -0.4 is 10.6 Å². The molecule has 0 aromatic heterocycles. The molecule has 120 valence electrons. The van der Waals surface area contributed by atoms with Gasteiger partial charge in [-0.25, -0.2) is 0 Å². The average Bonchev–Trinajstić information content (AvgIpc) is 3.37. The van der Waals surface area contributed by atoms with E-state index < -0.39 is 0 Å². The summed E-state index contributed by atoms with van der Waals surface area (Å²) in [4.78, 5) is 4.36. The molecule has 0 aromatic rings. The van der Waals surface area contributed by atoms with Gasteiger partial charge in [-0.15, -0.1) is 24.0 Å². The maximum absolute atomic E-state index is 4.36. The van der Waals surface area contributed by atoms with Crippen molar-refractivity contribution in [1.29, 1.82) is 0 Å². The number of nitrogens with zero attached hydrogens (tertiary/aromatic N) is 1. The van der Waals surface area contributed by atoms with E-state index in [9.17, 15) is 0 Å². The van der Waals surface area contributed by atoms with Crippen LogP contribution in [0.15, 0.2) is 16.6 Å². The number of halogens is 1. The summed E-state index contributed by atoms with van der Waals surface area (Å²) in [5.41, 5.74) is 2.28. The van der Waals surface area contributed by atoms with Gasteiger partial charge in [-0.2, -0.15) is 0 Å². The maximum atomic E-state index is 4.36. The van der Waals surface area contributed by atoms with E-state index in [0.29, 0.717) is 5.41 Å². The van der Waals surface area contributed by atoms with Crippen molar-refractivity contribution in [2.75, 3.05) is 20.1 Å². The molecule has 3 aliphatic rings. The standard InChI is InChI=1S/C17H29N3.HI/c1-18-16(19-12-9-14-5-3-2-4-6-14)20-13-17(10-11-17)15-7-8-15;/h5,15H,2-4,6-13H2,1H3,(H2,18,19,20);1H. The maximum Gasteiger partial charge on any atom is 0.191 e. The lowest BCUT2D eigenvalue weighted by atomic mass is 9.97. The number of hydrogen-bond donors (Lipinski definition) is 2. The quantitative estimate of drug-likeness (QED) is 0.306. The van der Waals surface area contributed by atoms with Gasteiger partial charge in [0, 0.05) is 20.1 Å². The molecule has 0 atom stereocenters. The summed E-state index contributed by atoms with van der Waals surface area (Å²) in [5.74, 6) is 2.01. The summed E-state index contributed by atoms with van der Waals surface area (Å²) in [6.07, 6.45) is 14.7. The molecular weight excluding hydrogens is 373 g/mol. The van der Waals surface area contributed by atoms with Crippen LogP contribution in [0.3, 0.4) is 0 Å². The molecule has 0 unspecified atom stereocenters. The number of aliphatic imine (C=N–C) groups is 1. The highest BCUT2D eigenvalue weighted by molar-refractivity contribution is 14.0. The number of allylic oxidation sites excluding steroid dienone is 1. The van der Waals surface area contributed by atoms with E-state index >= 15 is 0 Å². The average molecular weight is 403 g/mol. The summed E-state index contributed by atoms with van der Waals surface area (Å²) in [5, 5.41) is 7.03. The Morgan fingerprint density at radius 2 is 2.10 bits per heavy atom. The topological polar surface area (TPSA) is 36.4 Å². The minimum Gasteiger partial charge on any atom is -0.356 e. The van der Waals surface area contributed by atoms with Gasteiger partial charge >= 0.3 is 0 Å². The van der Waals surface area contributed by atoms with Crippen molar-refractivity contribution in [2.24, 2.45) is 16.3 Å². The molecule has 0 amide bonds. The molecule has 2 fully saturated rings. The van der Waals surface area contributed by atoms with Crippen molar-refractivity contribution in [3.05, 3.63) is 11.6 Å². The predicted molar refractivity (Wildman–Crippen MR) is 100 cm³/mol. The zero-order valence-electron chi connectivity index (χ0n) is 13.3. The van der Waals surface area contributed by atoms with Crippen LogP contribution in [-0.2, 0) is 0 Å². The molecule has 4 heteroatoms. The number of guanidine groups is 1. The Morgan fingerprint density at radius 1 is 1.29 bits per heavy atom. The van der Waals surface area contributed by atoms with Crippen LogP contribution in [0.25, 0.3) is 0 Å². The Morgan fingerprint density at radius 3 is 2.67 bits per heavy atom. The second-order valence-corrected chi connectivity index (χ2v) is 6.85. The van der Waals surface area contributed by atoms with Crippen LogP contribution >= 0.6 is 24.0 Å². The van der Waals surface area contributed by atoms with Gasteiger partial charge in [0.15, 0.2) is 5.96 Å². The van der Waals surface area contributed by atoms with Crippen LogP contribution in [0.2, 0.25) is 0 Å². The molecule has 0 radical (unpaired) electrons. The Hall–Kier alpha value is -0.260. The normalized spacial score (nSPS) is 23.9. The highest BCUT2D eigenvalue weighted by atomic mass is 127. The molecule has 0 spiro atoms. The van der Waals surface area contributed by atoms with Crippen molar-refractivity contribution in [1.82, 2.24) is 10.6 Å². The van der Waals surface area contributed by atoms with E-state index in [4.69, 9.17) is 0 Å². The van der Waals surface area contributed by atoms with Crippen molar-refractivity contribution >= 4 is 29.9 Å². The zero-order valence-corrected chi connectivity index (χ0v) is 15.6. The minimum absolute atomic E-state index is 0. The molecule has 2 saturated carbocycles. The van der Waals surface area contributed by atoms with Crippen molar-refractivity contribution < 1.29 is 0 Å².